The van der Waals surface area contributed by atoms with E-state index in [1.54, 1.807) is 6.92 Å². The molecule has 4 nitrogen and oxygen atoms in total. The molecule has 0 radical (unpaired) electrons. The molecule has 1 aromatic heterocycles. The lowest BCUT2D eigenvalue weighted by molar-refractivity contribution is 0.0519. The van der Waals surface area contributed by atoms with E-state index in [1.807, 2.05) is 0 Å². The number of aromatic nitrogens is 1. The van der Waals surface area contributed by atoms with Crippen LogP contribution in [0.1, 0.15) is 38.2 Å². The van der Waals surface area contributed by atoms with Crippen LogP contribution >= 0.6 is 11.8 Å². The van der Waals surface area contributed by atoms with E-state index in [4.69, 9.17) is 9.15 Å². The number of esters is 1. The number of hydrogen-bond acceptors (Lipinski definition) is 5. The minimum atomic E-state index is -0.435. The third-order valence-corrected chi connectivity index (χ3v) is 3.50. The van der Waals surface area contributed by atoms with Gasteiger partial charge in [-0.2, -0.15) is 4.98 Å². The largest absolute Gasteiger partial charge is 0.461 e. The molecule has 0 aliphatic carbocycles. The summed E-state index contributed by atoms with van der Waals surface area (Å²) in [6.07, 6.45) is 1.34. The number of nitrogens with zero attached hydrogens (tertiary/aromatic N) is 1. The Morgan fingerprint density at radius 2 is 2.25 bits per heavy atom. The first kappa shape index (κ1) is 13.1. The van der Waals surface area contributed by atoms with Crippen LogP contribution < -0.4 is 0 Å². The SMILES string of the molecule is CCOC(=O)c1coc(SC(C)C(C)C)n1. The summed E-state index contributed by atoms with van der Waals surface area (Å²) in [4.78, 5) is 15.4. The highest BCUT2D eigenvalue weighted by molar-refractivity contribution is 7.99. The molecule has 0 saturated heterocycles. The van der Waals surface area contributed by atoms with Crippen LogP contribution in [0.5, 0.6) is 0 Å². The third-order valence-electron chi connectivity index (χ3n) is 2.19. The van der Waals surface area contributed by atoms with Crippen molar-refractivity contribution in [3.05, 3.63) is 12.0 Å². The summed E-state index contributed by atoms with van der Waals surface area (Å²) in [7, 11) is 0. The van der Waals surface area contributed by atoms with E-state index in [9.17, 15) is 4.79 Å². The topological polar surface area (TPSA) is 52.3 Å². The lowest BCUT2D eigenvalue weighted by atomic mass is 10.2. The van der Waals surface area contributed by atoms with Gasteiger partial charge >= 0.3 is 5.97 Å². The maximum absolute atomic E-state index is 11.3. The highest BCUT2D eigenvalue weighted by Gasteiger charge is 2.16. The lowest BCUT2D eigenvalue weighted by Gasteiger charge is -2.11. The van der Waals surface area contributed by atoms with Gasteiger partial charge in [0.05, 0.1) is 6.61 Å². The van der Waals surface area contributed by atoms with Gasteiger partial charge < -0.3 is 9.15 Å². The molecule has 0 N–H and O–H groups in total. The second-order valence-electron chi connectivity index (χ2n) is 3.79. The Morgan fingerprint density at radius 3 is 2.81 bits per heavy atom. The third kappa shape index (κ3) is 3.56. The smallest absolute Gasteiger partial charge is 0.360 e. The van der Waals surface area contributed by atoms with E-state index >= 15 is 0 Å². The molecule has 0 aromatic carbocycles. The second-order valence-corrected chi connectivity index (χ2v) is 5.11. The van der Waals surface area contributed by atoms with Crippen molar-refractivity contribution in [1.29, 1.82) is 0 Å². The van der Waals surface area contributed by atoms with Crippen LogP contribution in [0.25, 0.3) is 0 Å². The summed E-state index contributed by atoms with van der Waals surface area (Å²) in [5.41, 5.74) is 0.236. The summed E-state index contributed by atoms with van der Waals surface area (Å²) in [5, 5.41) is 0.915. The van der Waals surface area contributed by atoms with Crippen LogP contribution in [0.2, 0.25) is 0 Å². The average molecular weight is 243 g/mol. The number of rotatable bonds is 5. The van der Waals surface area contributed by atoms with Gasteiger partial charge in [0.25, 0.3) is 5.22 Å². The number of oxazole rings is 1. The minimum Gasteiger partial charge on any atom is -0.461 e. The van der Waals surface area contributed by atoms with Gasteiger partial charge in [0, 0.05) is 5.25 Å². The summed E-state index contributed by atoms with van der Waals surface area (Å²) in [5.74, 6) is 0.0956. The first-order valence-electron chi connectivity index (χ1n) is 5.33. The van der Waals surface area contributed by atoms with Crippen LogP contribution in [-0.2, 0) is 4.74 Å². The summed E-state index contributed by atoms with van der Waals surface area (Å²) >= 11 is 1.52. The fraction of sp³-hybridized carbons (Fsp3) is 0.636. The maximum Gasteiger partial charge on any atom is 0.360 e. The quantitative estimate of drug-likeness (QED) is 0.587. The minimum absolute atomic E-state index is 0.236. The number of thioether (sulfide) groups is 1. The molecule has 1 atom stereocenters. The highest BCUT2D eigenvalue weighted by Crippen LogP contribution is 2.26. The van der Waals surface area contributed by atoms with Gasteiger partial charge in [0.15, 0.2) is 5.69 Å². The van der Waals surface area contributed by atoms with Crippen molar-refractivity contribution >= 4 is 17.7 Å². The predicted octanol–water partition coefficient (Wildman–Crippen LogP) is 2.99. The standard InChI is InChI=1S/C11H17NO3S/c1-5-14-10(13)9-6-15-11(12-9)16-8(4)7(2)3/h6-8H,5H2,1-4H3. The average Bonchev–Trinajstić information content (AvgIpc) is 2.66. The fourth-order valence-corrected chi connectivity index (χ4v) is 1.75. The Balaban J connectivity index is 2.61. The van der Waals surface area contributed by atoms with Crippen LogP contribution in [0.3, 0.4) is 0 Å². The van der Waals surface area contributed by atoms with Gasteiger partial charge in [-0.3, -0.25) is 0 Å². The molecule has 0 saturated carbocycles. The molecule has 1 unspecified atom stereocenters. The Kier molecular flexibility index (Phi) is 4.86. The molecule has 0 amide bonds. The normalized spacial score (nSPS) is 12.8. The summed E-state index contributed by atoms with van der Waals surface area (Å²) < 4.78 is 10.0. The van der Waals surface area contributed by atoms with Crippen LogP contribution in [-0.4, -0.2) is 22.8 Å². The molecule has 1 aromatic rings. The van der Waals surface area contributed by atoms with Gasteiger partial charge in [-0.15, -0.1) is 0 Å². The number of hydrogen-bond donors (Lipinski definition) is 0. The van der Waals surface area contributed by atoms with Crippen molar-refractivity contribution in [2.24, 2.45) is 5.92 Å². The Morgan fingerprint density at radius 1 is 1.56 bits per heavy atom. The van der Waals surface area contributed by atoms with E-state index in [0.29, 0.717) is 23.0 Å². The molecular weight excluding hydrogens is 226 g/mol. The van der Waals surface area contributed by atoms with E-state index < -0.39 is 5.97 Å². The van der Waals surface area contributed by atoms with Gasteiger partial charge in [-0.1, -0.05) is 32.5 Å². The van der Waals surface area contributed by atoms with Crippen LogP contribution in [0.4, 0.5) is 0 Å². The van der Waals surface area contributed by atoms with Crippen molar-refractivity contribution in [2.75, 3.05) is 6.61 Å². The monoisotopic (exact) mass is 243 g/mol. The van der Waals surface area contributed by atoms with Crippen molar-refractivity contribution in [3.63, 3.8) is 0 Å². The molecule has 5 heteroatoms. The predicted molar refractivity (Wildman–Crippen MR) is 62.6 cm³/mol. The van der Waals surface area contributed by atoms with Crippen LogP contribution in [0, 0.1) is 5.92 Å². The van der Waals surface area contributed by atoms with Crippen molar-refractivity contribution in [1.82, 2.24) is 4.98 Å². The lowest BCUT2D eigenvalue weighted by Crippen LogP contribution is -2.06. The zero-order valence-corrected chi connectivity index (χ0v) is 10.8. The summed E-state index contributed by atoms with van der Waals surface area (Å²) in [6.45, 7) is 8.47. The number of ether oxygens (including phenoxy) is 1. The Hall–Kier alpha value is -0.970. The highest BCUT2D eigenvalue weighted by atomic mass is 32.2. The Bertz CT molecular complexity index is 349. The zero-order valence-electron chi connectivity index (χ0n) is 10.0. The van der Waals surface area contributed by atoms with Crippen LogP contribution in [0.15, 0.2) is 15.9 Å². The van der Waals surface area contributed by atoms with Gasteiger partial charge in [0.1, 0.15) is 6.26 Å². The van der Waals surface area contributed by atoms with Crippen molar-refractivity contribution in [2.45, 2.75) is 38.2 Å². The summed E-state index contributed by atoms with van der Waals surface area (Å²) in [6, 6.07) is 0. The molecule has 0 aliphatic rings. The van der Waals surface area contributed by atoms with E-state index in [2.05, 4.69) is 25.8 Å². The molecule has 0 spiro atoms. The van der Waals surface area contributed by atoms with Crippen molar-refractivity contribution in [3.8, 4) is 0 Å². The maximum atomic E-state index is 11.3. The zero-order chi connectivity index (χ0) is 12.1. The van der Waals surface area contributed by atoms with Crippen molar-refractivity contribution < 1.29 is 13.9 Å². The molecule has 0 bridgehead atoms. The first-order valence-corrected chi connectivity index (χ1v) is 6.21. The second kappa shape index (κ2) is 5.94. The number of carbonyl (C=O) groups excluding carboxylic acids is 1. The fourth-order valence-electron chi connectivity index (χ4n) is 0.905. The Labute approximate surface area is 99.8 Å². The molecule has 90 valence electrons. The molecule has 0 aliphatic heterocycles. The van der Waals surface area contributed by atoms with E-state index in [0.717, 1.165) is 0 Å². The van der Waals surface area contributed by atoms with E-state index in [-0.39, 0.29) is 5.69 Å². The molecule has 1 rings (SSSR count). The van der Waals surface area contributed by atoms with E-state index in [1.165, 1.54) is 18.0 Å². The van der Waals surface area contributed by atoms with Gasteiger partial charge in [0.2, 0.25) is 0 Å². The van der Waals surface area contributed by atoms with Gasteiger partial charge in [-0.05, 0) is 12.8 Å². The molecule has 1 heterocycles. The first-order chi connectivity index (χ1) is 7.54. The number of carbonyl (C=O) groups is 1. The molecular formula is C11H17NO3S. The molecule has 16 heavy (non-hydrogen) atoms. The van der Waals surface area contributed by atoms with Gasteiger partial charge in [-0.25, -0.2) is 4.79 Å². The molecule has 0 fully saturated rings.